The number of para-hydroxylation sites is 1. The zero-order valence-electron chi connectivity index (χ0n) is 21.4. The first kappa shape index (κ1) is 26.2. The molecule has 1 heterocycles. The predicted octanol–water partition coefficient (Wildman–Crippen LogP) is 8.35. The van der Waals surface area contributed by atoms with Crippen molar-refractivity contribution in [1.29, 1.82) is 0 Å². The quantitative estimate of drug-likeness (QED) is 0.131. The average Bonchev–Trinajstić information content (AvgIpc) is 3.01. The Kier molecular flexibility index (Phi) is 7.83. The lowest BCUT2D eigenvalue weighted by Gasteiger charge is -2.16. The number of aliphatic hydroxyl groups is 1. The third-order valence-corrected chi connectivity index (χ3v) is 8.38. The Morgan fingerprint density at radius 2 is 1.32 bits per heavy atom. The zero-order valence-corrected chi connectivity index (χ0v) is 23.0. The molecule has 0 saturated heterocycles. The van der Waals surface area contributed by atoms with Crippen LogP contribution in [0, 0.1) is 0 Å². The molecule has 0 unspecified atom stereocenters. The standard InChI is InChI=1S/C32H26N4O2S2/c37-20-23-11-3-8-16-28(23)39-27-15-7-2-10-22(27)19-33-32-34-26-14-6-5-13-25(26)31(36-32)35-30-24-12-4-1-9-21(24)17-18-29(30)40-38/h1-18,37-38H,19-20H2,(H2,33,34,35,36). The fourth-order valence-electron chi connectivity index (χ4n) is 4.60. The number of benzene rings is 5. The van der Waals surface area contributed by atoms with Gasteiger partial charge in [0.15, 0.2) is 0 Å². The molecule has 6 rings (SSSR count). The van der Waals surface area contributed by atoms with Crippen LogP contribution in [0.15, 0.2) is 124 Å². The molecule has 0 radical (unpaired) electrons. The number of hydrogen-bond acceptors (Lipinski definition) is 8. The van der Waals surface area contributed by atoms with E-state index in [1.165, 1.54) is 0 Å². The number of hydrogen-bond donors (Lipinski definition) is 4. The van der Waals surface area contributed by atoms with Gasteiger partial charge in [-0.15, -0.1) is 0 Å². The smallest absolute Gasteiger partial charge is 0.225 e. The lowest BCUT2D eigenvalue weighted by molar-refractivity contribution is 0.279. The molecule has 0 fully saturated rings. The average molecular weight is 563 g/mol. The van der Waals surface area contributed by atoms with Gasteiger partial charge in [0.1, 0.15) is 5.82 Å². The highest BCUT2D eigenvalue weighted by Crippen LogP contribution is 2.37. The highest BCUT2D eigenvalue weighted by atomic mass is 32.2. The third kappa shape index (κ3) is 5.48. The van der Waals surface area contributed by atoms with Gasteiger partial charge in [0.2, 0.25) is 5.95 Å². The van der Waals surface area contributed by atoms with E-state index in [4.69, 9.17) is 9.97 Å². The van der Waals surface area contributed by atoms with Crippen molar-refractivity contribution in [3.05, 3.63) is 120 Å². The molecule has 6 nitrogen and oxygen atoms in total. The van der Waals surface area contributed by atoms with Crippen molar-refractivity contribution in [2.45, 2.75) is 27.8 Å². The highest BCUT2D eigenvalue weighted by molar-refractivity contribution is 7.99. The first-order valence-corrected chi connectivity index (χ1v) is 14.4. The second kappa shape index (κ2) is 12.0. The topological polar surface area (TPSA) is 90.3 Å². The summed E-state index contributed by atoms with van der Waals surface area (Å²) >= 11 is 2.35. The maximum absolute atomic E-state index is 10.0. The Morgan fingerprint density at radius 1 is 0.650 bits per heavy atom. The maximum atomic E-state index is 10.0. The van der Waals surface area contributed by atoms with Crippen molar-refractivity contribution in [2.75, 3.05) is 10.6 Å². The van der Waals surface area contributed by atoms with Crippen LogP contribution in [-0.4, -0.2) is 19.6 Å². The number of nitrogens with zero attached hydrogens (tertiary/aromatic N) is 2. The fourth-order valence-corrected chi connectivity index (χ4v) is 6.05. The van der Waals surface area contributed by atoms with Gasteiger partial charge >= 0.3 is 0 Å². The van der Waals surface area contributed by atoms with Crippen molar-refractivity contribution in [3.63, 3.8) is 0 Å². The number of anilines is 3. The van der Waals surface area contributed by atoms with Gasteiger partial charge in [0.25, 0.3) is 0 Å². The summed E-state index contributed by atoms with van der Waals surface area (Å²) in [5.41, 5.74) is 3.60. The molecule has 4 N–H and O–H groups in total. The summed E-state index contributed by atoms with van der Waals surface area (Å²) in [7, 11) is 0. The molecule has 0 aliphatic heterocycles. The van der Waals surface area contributed by atoms with Crippen molar-refractivity contribution in [3.8, 4) is 0 Å². The maximum Gasteiger partial charge on any atom is 0.225 e. The molecule has 0 bridgehead atoms. The number of rotatable bonds is 9. The highest BCUT2D eigenvalue weighted by Gasteiger charge is 2.14. The van der Waals surface area contributed by atoms with E-state index in [-0.39, 0.29) is 6.61 Å². The predicted molar refractivity (Wildman–Crippen MR) is 166 cm³/mol. The van der Waals surface area contributed by atoms with E-state index in [0.717, 1.165) is 48.3 Å². The van der Waals surface area contributed by atoms with Gasteiger partial charge in [-0.2, -0.15) is 4.98 Å². The lowest BCUT2D eigenvalue weighted by atomic mass is 10.1. The molecule has 8 heteroatoms. The van der Waals surface area contributed by atoms with Crippen molar-refractivity contribution < 1.29 is 9.66 Å². The monoisotopic (exact) mass is 562 g/mol. The molecule has 198 valence electrons. The Bertz CT molecular complexity index is 1810. The summed E-state index contributed by atoms with van der Waals surface area (Å²) in [4.78, 5) is 12.5. The number of nitrogens with one attached hydrogen (secondary N) is 2. The molecular weight excluding hydrogens is 537 g/mol. The number of aliphatic hydroxyl groups excluding tert-OH is 1. The van der Waals surface area contributed by atoms with Gasteiger partial charge in [-0.3, -0.25) is 0 Å². The molecule has 0 amide bonds. The van der Waals surface area contributed by atoms with Crippen molar-refractivity contribution in [1.82, 2.24) is 9.97 Å². The summed E-state index contributed by atoms with van der Waals surface area (Å²) < 4.78 is 10.0. The molecule has 6 aromatic rings. The molecule has 0 spiro atoms. The van der Waals surface area contributed by atoms with Crippen molar-refractivity contribution >= 4 is 62.9 Å². The van der Waals surface area contributed by atoms with Crippen LogP contribution in [0.25, 0.3) is 21.7 Å². The minimum absolute atomic E-state index is 0.00248. The summed E-state index contributed by atoms with van der Waals surface area (Å²) in [5, 5.41) is 19.6. The summed E-state index contributed by atoms with van der Waals surface area (Å²) in [6, 6.07) is 35.9. The van der Waals surface area contributed by atoms with Gasteiger partial charge in [0.05, 0.1) is 22.7 Å². The van der Waals surface area contributed by atoms with Gasteiger partial charge in [-0.1, -0.05) is 90.6 Å². The van der Waals surface area contributed by atoms with Gasteiger partial charge in [-0.25, -0.2) is 4.98 Å². The summed E-state index contributed by atoms with van der Waals surface area (Å²) in [5.74, 6) is 1.15. The van der Waals surface area contributed by atoms with Crippen LogP contribution in [0.2, 0.25) is 0 Å². The lowest BCUT2D eigenvalue weighted by Crippen LogP contribution is -2.07. The van der Waals surface area contributed by atoms with Gasteiger partial charge < -0.3 is 20.3 Å². The van der Waals surface area contributed by atoms with Crippen LogP contribution in [-0.2, 0) is 13.2 Å². The SMILES string of the molecule is OCc1ccccc1Sc1ccccc1CNc1nc(Nc2c(SO)ccc3ccccc23)c2ccccc2n1. The molecule has 0 aliphatic rings. The third-order valence-electron chi connectivity index (χ3n) is 6.61. The first-order valence-electron chi connectivity index (χ1n) is 12.8. The Hall–Kier alpha value is -4.08. The van der Waals surface area contributed by atoms with Gasteiger partial charge in [0, 0.05) is 39.2 Å². The second-order valence-electron chi connectivity index (χ2n) is 9.12. The number of fused-ring (bicyclic) bond motifs is 2. The van der Waals surface area contributed by atoms with Crippen LogP contribution in [0.3, 0.4) is 0 Å². The Balaban J connectivity index is 1.33. The van der Waals surface area contributed by atoms with Crippen LogP contribution >= 0.6 is 23.8 Å². The van der Waals surface area contributed by atoms with E-state index in [1.807, 2.05) is 97.1 Å². The summed E-state index contributed by atoms with van der Waals surface area (Å²) in [6.45, 7) is 0.520. The van der Waals surface area contributed by atoms with Crippen LogP contribution in [0.5, 0.6) is 0 Å². The van der Waals surface area contributed by atoms with E-state index in [0.29, 0.717) is 35.2 Å². The Morgan fingerprint density at radius 3 is 2.12 bits per heavy atom. The zero-order chi connectivity index (χ0) is 27.3. The molecule has 5 aromatic carbocycles. The Labute approximate surface area is 240 Å². The molecule has 1 aromatic heterocycles. The normalized spacial score (nSPS) is 11.2. The van der Waals surface area contributed by atoms with Crippen LogP contribution in [0.4, 0.5) is 17.5 Å². The minimum atomic E-state index is -0.00248. The van der Waals surface area contributed by atoms with Crippen LogP contribution < -0.4 is 10.6 Å². The van der Waals surface area contributed by atoms with E-state index in [1.54, 1.807) is 11.8 Å². The second-order valence-corrected chi connectivity index (χ2v) is 10.8. The van der Waals surface area contributed by atoms with Crippen molar-refractivity contribution in [2.24, 2.45) is 0 Å². The summed E-state index contributed by atoms with van der Waals surface area (Å²) in [6.07, 6.45) is 0. The van der Waals surface area contributed by atoms with E-state index >= 15 is 0 Å². The molecule has 0 atom stereocenters. The first-order chi connectivity index (χ1) is 19.7. The largest absolute Gasteiger partial charge is 0.392 e. The molecule has 40 heavy (non-hydrogen) atoms. The van der Waals surface area contributed by atoms with E-state index in [2.05, 4.69) is 22.8 Å². The molecular formula is C32H26N4O2S2. The van der Waals surface area contributed by atoms with Crippen LogP contribution in [0.1, 0.15) is 11.1 Å². The van der Waals surface area contributed by atoms with E-state index in [9.17, 15) is 9.66 Å². The minimum Gasteiger partial charge on any atom is -0.392 e. The van der Waals surface area contributed by atoms with Gasteiger partial charge in [-0.05, 0) is 46.8 Å². The molecule has 0 saturated carbocycles. The number of aromatic nitrogens is 2. The molecule has 0 aliphatic carbocycles. The van der Waals surface area contributed by atoms with E-state index < -0.39 is 0 Å². The fraction of sp³-hybridized carbons (Fsp3) is 0.0625.